The second-order valence-corrected chi connectivity index (χ2v) is 5.77. The van der Waals surface area contributed by atoms with Gasteiger partial charge >= 0.3 is 0 Å². The second-order valence-electron chi connectivity index (χ2n) is 5.77. The Hall–Kier alpha value is -2.01. The molecule has 9 heteroatoms. The van der Waals surface area contributed by atoms with Crippen molar-refractivity contribution in [1.82, 2.24) is 0 Å². The number of carbonyl (C=O) groups is 1. The van der Waals surface area contributed by atoms with Crippen LogP contribution in [0.3, 0.4) is 0 Å². The number of hydrogen-bond acceptors (Lipinski definition) is 9. The number of ketones is 1. The largest absolute Gasteiger partial charge is 0.493 e. The van der Waals surface area contributed by atoms with Crippen LogP contribution in [0, 0.1) is 0 Å². The molecular weight excluding hydrogens is 348 g/mol. The summed E-state index contributed by atoms with van der Waals surface area (Å²) in [6.45, 7) is -0.764. The van der Waals surface area contributed by atoms with Gasteiger partial charge in [0.05, 0.1) is 20.8 Å². The number of hydrogen-bond donors (Lipinski definition) is 5. The predicted molar refractivity (Wildman–Crippen MR) is 88.5 cm³/mol. The maximum Gasteiger partial charge on any atom is 0.260 e. The summed E-state index contributed by atoms with van der Waals surface area (Å²) in [4.78, 5) is 12.3. The van der Waals surface area contributed by atoms with Gasteiger partial charge in [0, 0.05) is 0 Å². The minimum atomic E-state index is -2.81. The van der Waals surface area contributed by atoms with Crippen LogP contribution in [0.4, 0.5) is 0 Å². The van der Waals surface area contributed by atoms with E-state index in [9.17, 15) is 25.2 Å². The number of carbonyl (C=O) groups excluding carboxylic acids is 1. The molecule has 5 atom stereocenters. The molecule has 0 radical (unpaired) electrons. The van der Waals surface area contributed by atoms with Crippen molar-refractivity contribution in [2.75, 3.05) is 20.8 Å². The van der Waals surface area contributed by atoms with E-state index in [0.717, 1.165) is 6.08 Å². The summed E-state index contributed by atoms with van der Waals surface area (Å²) < 4.78 is 15.2. The summed E-state index contributed by atoms with van der Waals surface area (Å²) in [6, 6.07) is 4.83. The van der Waals surface area contributed by atoms with E-state index in [1.165, 1.54) is 20.3 Å². The van der Waals surface area contributed by atoms with Crippen LogP contribution in [0.25, 0.3) is 6.08 Å². The van der Waals surface area contributed by atoms with E-state index < -0.39 is 42.6 Å². The molecule has 1 aliphatic heterocycles. The Morgan fingerprint density at radius 1 is 1.19 bits per heavy atom. The van der Waals surface area contributed by atoms with Gasteiger partial charge in [0.15, 0.2) is 11.5 Å². The van der Waals surface area contributed by atoms with Gasteiger partial charge in [0.1, 0.15) is 24.4 Å². The lowest BCUT2D eigenvalue weighted by molar-refractivity contribution is -0.329. The molecule has 2 rings (SSSR count). The lowest BCUT2D eigenvalue weighted by Gasteiger charge is -2.43. The molecule has 5 N–H and O–H groups in total. The van der Waals surface area contributed by atoms with E-state index in [4.69, 9.17) is 19.3 Å². The Kier molecular flexibility index (Phi) is 6.34. The van der Waals surface area contributed by atoms with E-state index in [0.29, 0.717) is 17.1 Å². The van der Waals surface area contributed by atoms with Gasteiger partial charge in [-0.05, 0) is 23.8 Å². The molecule has 5 unspecified atom stereocenters. The van der Waals surface area contributed by atoms with Gasteiger partial charge in [-0.1, -0.05) is 12.1 Å². The van der Waals surface area contributed by atoms with Crippen LogP contribution < -0.4 is 9.47 Å². The summed E-state index contributed by atoms with van der Waals surface area (Å²) in [6.07, 6.45) is -4.77. The molecule has 1 aliphatic rings. The normalized spacial score (nSPS) is 31.8. The van der Waals surface area contributed by atoms with Crippen molar-refractivity contribution < 1.29 is 44.5 Å². The van der Waals surface area contributed by atoms with Crippen molar-refractivity contribution in [3.8, 4) is 11.5 Å². The van der Waals surface area contributed by atoms with Crippen molar-refractivity contribution in [2.45, 2.75) is 30.2 Å². The van der Waals surface area contributed by atoms with Crippen molar-refractivity contribution in [3.05, 3.63) is 29.8 Å². The van der Waals surface area contributed by atoms with E-state index in [2.05, 4.69) is 0 Å². The SMILES string of the molecule is COc1ccc(/C=C/C(=O)C2(O)OC(CO)C(O)C(O)C2O)cc1OC. The third-order valence-corrected chi connectivity index (χ3v) is 4.15. The monoisotopic (exact) mass is 370 g/mol. The molecule has 1 saturated heterocycles. The van der Waals surface area contributed by atoms with Gasteiger partial charge < -0.3 is 39.7 Å². The van der Waals surface area contributed by atoms with Crippen molar-refractivity contribution in [1.29, 1.82) is 0 Å². The number of rotatable bonds is 6. The summed E-state index contributed by atoms with van der Waals surface area (Å²) in [5.74, 6) is -2.96. The highest BCUT2D eigenvalue weighted by Crippen LogP contribution is 2.30. The predicted octanol–water partition coefficient (Wildman–Crippen LogP) is -1.55. The zero-order chi connectivity index (χ0) is 19.5. The fraction of sp³-hybridized carbons (Fsp3) is 0.471. The maximum atomic E-state index is 12.3. The summed E-state index contributed by atoms with van der Waals surface area (Å²) in [7, 11) is 2.93. The number of aliphatic hydroxyl groups is 5. The molecule has 1 aromatic rings. The molecule has 144 valence electrons. The van der Waals surface area contributed by atoms with Crippen LogP contribution in [0.2, 0.25) is 0 Å². The van der Waals surface area contributed by atoms with Gasteiger partial charge in [0.25, 0.3) is 5.79 Å². The molecule has 0 spiro atoms. The molecule has 0 saturated carbocycles. The molecule has 1 heterocycles. The minimum Gasteiger partial charge on any atom is -0.493 e. The molecule has 26 heavy (non-hydrogen) atoms. The molecule has 0 aromatic heterocycles. The van der Waals surface area contributed by atoms with Crippen molar-refractivity contribution >= 4 is 11.9 Å². The van der Waals surface area contributed by atoms with Crippen LogP contribution in [-0.4, -0.2) is 82.3 Å². The Morgan fingerprint density at radius 2 is 1.85 bits per heavy atom. The highest BCUT2D eigenvalue weighted by atomic mass is 16.7. The number of benzene rings is 1. The number of methoxy groups -OCH3 is 2. The molecule has 0 amide bonds. The first-order valence-electron chi connectivity index (χ1n) is 7.78. The molecular formula is C17H22O9. The average molecular weight is 370 g/mol. The Labute approximate surface area is 149 Å². The Morgan fingerprint density at radius 3 is 2.42 bits per heavy atom. The fourth-order valence-corrected chi connectivity index (χ4v) is 2.61. The molecule has 0 bridgehead atoms. The Balaban J connectivity index is 2.23. The summed E-state index contributed by atoms with van der Waals surface area (Å²) in [5, 5.41) is 48.9. The maximum absolute atomic E-state index is 12.3. The molecule has 0 aliphatic carbocycles. The summed E-state index contributed by atoms with van der Waals surface area (Å²) >= 11 is 0. The zero-order valence-electron chi connectivity index (χ0n) is 14.3. The fourth-order valence-electron chi connectivity index (χ4n) is 2.61. The average Bonchev–Trinajstić information content (AvgIpc) is 2.66. The standard InChI is InChI=1S/C17H22O9/c1-24-10-5-3-9(7-11(10)25-2)4-6-13(19)17(23)16(22)15(21)14(20)12(8-18)26-17/h3-7,12,14-16,18,20-23H,8H2,1-2H3/b6-4+. The lowest BCUT2D eigenvalue weighted by atomic mass is 9.90. The van der Waals surface area contributed by atoms with Gasteiger partial charge in [0.2, 0.25) is 5.78 Å². The quantitative estimate of drug-likeness (QED) is 0.376. The zero-order valence-corrected chi connectivity index (χ0v) is 14.3. The highest BCUT2D eigenvalue weighted by molar-refractivity contribution is 5.99. The topological polar surface area (TPSA) is 146 Å². The number of aliphatic hydroxyl groups excluding tert-OH is 4. The van der Waals surface area contributed by atoms with Gasteiger partial charge in [-0.3, -0.25) is 4.79 Å². The molecule has 9 nitrogen and oxygen atoms in total. The smallest absolute Gasteiger partial charge is 0.260 e. The summed E-state index contributed by atoms with van der Waals surface area (Å²) in [5.41, 5.74) is 0.532. The first-order chi connectivity index (χ1) is 12.3. The highest BCUT2D eigenvalue weighted by Gasteiger charge is 2.56. The van der Waals surface area contributed by atoms with Crippen molar-refractivity contribution in [2.24, 2.45) is 0 Å². The first kappa shape index (κ1) is 20.3. The van der Waals surface area contributed by atoms with E-state index in [1.54, 1.807) is 18.2 Å². The Bertz CT molecular complexity index is 672. The van der Waals surface area contributed by atoms with E-state index >= 15 is 0 Å². The van der Waals surface area contributed by atoms with Gasteiger partial charge in [-0.25, -0.2) is 0 Å². The second kappa shape index (κ2) is 8.12. The first-order valence-corrected chi connectivity index (χ1v) is 7.78. The van der Waals surface area contributed by atoms with Gasteiger partial charge in [-0.15, -0.1) is 0 Å². The third kappa shape index (κ3) is 3.73. The van der Waals surface area contributed by atoms with Crippen LogP contribution >= 0.6 is 0 Å². The van der Waals surface area contributed by atoms with Crippen molar-refractivity contribution in [3.63, 3.8) is 0 Å². The van der Waals surface area contributed by atoms with E-state index in [-0.39, 0.29) is 0 Å². The van der Waals surface area contributed by atoms with Crippen LogP contribution in [0.15, 0.2) is 24.3 Å². The van der Waals surface area contributed by atoms with E-state index in [1.807, 2.05) is 0 Å². The van der Waals surface area contributed by atoms with Gasteiger partial charge in [-0.2, -0.15) is 0 Å². The third-order valence-electron chi connectivity index (χ3n) is 4.15. The van der Waals surface area contributed by atoms with Crippen LogP contribution in [0.1, 0.15) is 5.56 Å². The lowest BCUT2D eigenvalue weighted by Crippen LogP contribution is -2.67. The minimum absolute atomic E-state index is 0.425. The number of ether oxygens (including phenoxy) is 3. The van der Waals surface area contributed by atoms with Crippen LogP contribution in [-0.2, 0) is 9.53 Å². The molecule has 1 fully saturated rings. The molecule has 1 aromatic carbocycles. The van der Waals surface area contributed by atoms with Crippen LogP contribution in [0.5, 0.6) is 11.5 Å².